The van der Waals surface area contributed by atoms with Crippen molar-refractivity contribution in [2.45, 2.75) is 39.2 Å². The molecule has 86 valence electrons. The molecule has 1 heterocycles. The first-order chi connectivity index (χ1) is 7.83. The van der Waals surface area contributed by atoms with Gasteiger partial charge in [0, 0.05) is 24.9 Å². The molecular weight excluding hydrogens is 200 g/mol. The normalized spacial score (nSPS) is 32.2. The topological polar surface area (TPSA) is 34.9 Å². The van der Waals surface area contributed by atoms with Gasteiger partial charge in [-0.25, -0.2) is 4.98 Å². The highest BCUT2D eigenvalue weighted by atomic mass is 16.1. The molecule has 2 fully saturated rings. The molecule has 2 atom stereocenters. The third kappa shape index (κ3) is 1.41. The zero-order valence-corrected chi connectivity index (χ0v) is 9.72. The van der Waals surface area contributed by atoms with Crippen molar-refractivity contribution in [2.75, 3.05) is 0 Å². The highest BCUT2D eigenvalue weighted by molar-refractivity contribution is 5.97. The molecule has 2 aliphatic carbocycles. The number of hydrogen-bond acceptors (Lipinski definition) is 2. The number of nitrogens with zero attached hydrogens (tertiary/aromatic N) is 2. The zero-order chi connectivity index (χ0) is 11.1. The lowest BCUT2D eigenvalue weighted by atomic mass is 10.0. The van der Waals surface area contributed by atoms with Crippen LogP contribution in [0, 0.1) is 17.8 Å². The van der Waals surface area contributed by atoms with E-state index in [1.54, 1.807) is 6.20 Å². The first-order valence-corrected chi connectivity index (χ1v) is 6.38. The van der Waals surface area contributed by atoms with Gasteiger partial charge < -0.3 is 4.57 Å². The Hall–Kier alpha value is -1.12. The molecule has 2 saturated carbocycles. The summed E-state index contributed by atoms with van der Waals surface area (Å²) < 4.78 is 1.96. The Morgan fingerprint density at radius 3 is 2.75 bits per heavy atom. The molecule has 3 heteroatoms. The van der Waals surface area contributed by atoms with Gasteiger partial charge in [-0.3, -0.25) is 4.79 Å². The van der Waals surface area contributed by atoms with E-state index in [0.717, 1.165) is 6.54 Å². The van der Waals surface area contributed by atoms with Crippen molar-refractivity contribution in [3.8, 4) is 0 Å². The van der Waals surface area contributed by atoms with Crippen LogP contribution in [0.4, 0.5) is 0 Å². The van der Waals surface area contributed by atoms with Crippen LogP contribution in [0.3, 0.4) is 0 Å². The van der Waals surface area contributed by atoms with Crippen molar-refractivity contribution in [1.29, 1.82) is 0 Å². The van der Waals surface area contributed by atoms with Crippen molar-refractivity contribution >= 4 is 5.78 Å². The monoisotopic (exact) mass is 218 g/mol. The van der Waals surface area contributed by atoms with Crippen molar-refractivity contribution in [3.63, 3.8) is 0 Å². The quantitative estimate of drug-likeness (QED) is 0.731. The molecular formula is C13H18N2O. The van der Waals surface area contributed by atoms with E-state index < -0.39 is 0 Å². The van der Waals surface area contributed by atoms with Crippen LogP contribution >= 0.6 is 0 Å². The van der Waals surface area contributed by atoms with Crippen molar-refractivity contribution < 1.29 is 4.79 Å². The van der Waals surface area contributed by atoms with Crippen LogP contribution in [-0.2, 0) is 6.54 Å². The van der Waals surface area contributed by atoms with Gasteiger partial charge in [0.15, 0.2) is 5.82 Å². The average Bonchev–Trinajstić information content (AvgIpc) is 2.84. The van der Waals surface area contributed by atoms with Gasteiger partial charge in [-0.2, -0.15) is 0 Å². The summed E-state index contributed by atoms with van der Waals surface area (Å²) in [6.07, 6.45) is 8.78. The fourth-order valence-corrected chi connectivity index (χ4v) is 3.32. The lowest BCUT2D eigenvalue weighted by Gasteiger charge is -2.04. The molecule has 0 spiro atoms. The average molecular weight is 218 g/mol. The van der Waals surface area contributed by atoms with E-state index in [1.165, 1.54) is 25.7 Å². The molecule has 0 aliphatic heterocycles. The van der Waals surface area contributed by atoms with Gasteiger partial charge in [0.2, 0.25) is 5.78 Å². The van der Waals surface area contributed by atoms with Gasteiger partial charge in [-0.1, -0.05) is 12.8 Å². The minimum atomic E-state index is 0.295. The van der Waals surface area contributed by atoms with Crippen LogP contribution in [0.2, 0.25) is 0 Å². The maximum atomic E-state index is 12.3. The molecule has 1 aromatic rings. The summed E-state index contributed by atoms with van der Waals surface area (Å²) in [5.74, 6) is 2.65. The number of fused-ring (bicyclic) bond motifs is 1. The smallest absolute Gasteiger partial charge is 0.201 e. The van der Waals surface area contributed by atoms with Gasteiger partial charge in [-0.05, 0) is 31.6 Å². The molecule has 2 aliphatic rings. The molecule has 3 nitrogen and oxygen atoms in total. The Balaban J connectivity index is 1.79. The molecule has 0 amide bonds. The number of ketones is 1. The summed E-state index contributed by atoms with van der Waals surface area (Å²) in [6, 6.07) is 0. The molecule has 0 aromatic carbocycles. The number of rotatable bonds is 3. The second-order valence-corrected chi connectivity index (χ2v) is 5.04. The molecule has 3 rings (SSSR count). The summed E-state index contributed by atoms with van der Waals surface area (Å²) in [7, 11) is 0. The Kier molecular flexibility index (Phi) is 2.34. The van der Waals surface area contributed by atoms with Gasteiger partial charge in [0.1, 0.15) is 0 Å². The van der Waals surface area contributed by atoms with E-state index in [-0.39, 0.29) is 0 Å². The molecule has 0 radical (unpaired) electrons. The van der Waals surface area contributed by atoms with Crippen molar-refractivity contribution in [2.24, 2.45) is 17.8 Å². The molecule has 16 heavy (non-hydrogen) atoms. The van der Waals surface area contributed by atoms with Crippen LogP contribution < -0.4 is 0 Å². The van der Waals surface area contributed by atoms with E-state index in [0.29, 0.717) is 29.4 Å². The Morgan fingerprint density at radius 2 is 2.12 bits per heavy atom. The predicted octanol–water partition coefficient (Wildman–Crippen LogP) is 2.52. The molecule has 0 bridgehead atoms. The Labute approximate surface area is 95.9 Å². The standard InChI is InChI=1S/C13H18N2O/c1-2-15-8-7-14-13(15)12(16)11-9-5-3-4-6-10(9)11/h7-11H,2-6H2,1H3. The lowest BCUT2D eigenvalue weighted by molar-refractivity contribution is 0.0942. The van der Waals surface area contributed by atoms with E-state index >= 15 is 0 Å². The summed E-state index contributed by atoms with van der Waals surface area (Å²) in [5, 5.41) is 0. The Bertz CT molecular complexity index is 398. The number of aromatic nitrogens is 2. The fraction of sp³-hybridized carbons (Fsp3) is 0.692. The summed E-state index contributed by atoms with van der Waals surface area (Å²) in [5.41, 5.74) is 0. The van der Waals surface area contributed by atoms with E-state index in [2.05, 4.69) is 11.9 Å². The van der Waals surface area contributed by atoms with E-state index in [9.17, 15) is 4.79 Å². The number of hydrogen-bond donors (Lipinski definition) is 0. The highest BCUT2D eigenvalue weighted by Crippen LogP contribution is 2.56. The molecule has 1 aromatic heterocycles. The Morgan fingerprint density at radius 1 is 1.44 bits per heavy atom. The molecule has 0 saturated heterocycles. The van der Waals surface area contributed by atoms with Crippen LogP contribution in [0.1, 0.15) is 43.2 Å². The summed E-state index contributed by atoms with van der Waals surface area (Å²) in [4.78, 5) is 16.6. The minimum Gasteiger partial charge on any atom is -0.329 e. The first kappa shape index (κ1) is 10.1. The van der Waals surface area contributed by atoms with Gasteiger partial charge >= 0.3 is 0 Å². The third-order valence-corrected chi connectivity index (χ3v) is 4.24. The van der Waals surface area contributed by atoms with Gasteiger partial charge in [0.25, 0.3) is 0 Å². The van der Waals surface area contributed by atoms with Crippen LogP contribution in [0.15, 0.2) is 12.4 Å². The summed E-state index contributed by atoms with van der Waals surface area (Å²) >= 11 is 0. The van der Waals surface area contributed by atoms with Gasteiger partial charge in [0.05, 0.1) is 0 Å². The van der Waals surface area contributed by atoms with Crippen molar-refractivity contribution in [3.05, 3.63) is 18.2 Å². The van der Waals surface area contributed by atoms with Gasteiger partial charge in [-0.15, -0.1) is 0 Å². The molecule has 0 N–H and O–H groups in total. The van der Waals surface area contributed by atoms with E-state index in [4.69, 9.17) is 0 Å². The second-order valence-electron chi connectivity index (χ2n) is 5.04. The minimum absolute atomic E-state index is 0.295. The van der Waals surface area contributed by atoms with Crippen LogP contribution in [-0.4, -0.2) is 15.3 Å². The van der Waals surface area contributed by atoms with Crippen molar-refractivity contribution in [1.82, 2.24) is 9.55 Å². The maximum absolute atomic E-state index is 12.3. The first-order valence-electron chi connectivity index (χ1n) is 6.38. The largest absolute Gasteiger partial charge is 0.329 e. The number of aryl methyl sites for hydroxylation is 1. The highest BCUT2D eigenvalue weighted by Gasteiger charge is 2.55. The molecule has 2 unspecified atom stereocenters. The number of carbonyl (C=O) groups is 1. The zero-order valence-electron chi connectivity index (χ0n) is 9.72. The number of imidazole rings is 1. The summed E-state index contributed by atoms with van der Waals surface area (Å²) in [6.45, 7) is 2.89. The number of Topliss-reactive ketones (excluding diaryl/α,β-unsaturated/α-hetero) is 1. The predicted molar refractivity (Wildman–Crippen MR) is 61.2 cm³/mol. The SMILES string of the molecule is CCn1ccnc1C(=O)C1C2CCCCC21. The van der Waals surface area contributed by atoms with E-state index in [1.807, 2.05) is 10.8 Å². The maximum Gasteiger partial charge on any atom is 0.201 e. The lowest BCUT2D eigenvalue weighted by Crippen LogP contribution is -2.12. The number of carbonyl (C=O) groups excluding carboxylic acids is 1. The van der Waals surface area contributed by atoms with Crippen LogP contribution in [0.25, 0.3) is 0 Å². The second kappa shape index (κ2) is 3.72. The third-order valence-electron chi connectivity index (χ3n) is 4.24. The van der Waals surface area contributed by atoms with Crippen LogP contribution in [0.5, 0.6) is 0 Å². The fourth-order valence-electron chi connectivity index (χ4n) is 3.32.